The van der Waals surface area contributed by atoms with Gasteiger partial charge in [-0.25, -0.2) is 0 Å². The summed E-state index contributed by atoms with van der Waals surface area (Å²) in [5, 5.41) is 10.4. The van der Waals surface area contributed by atoms with E-state index in [4.69, 9.17) is 0 Å². The molecule has 2 aliphatic rings. The second kappa shape index (κ2) is 5.44. The monoisotopic (exact) mass is 244 g/mol. The molecule has 1 N–H and O–H groups in total. The number of aliphatic hydroxyl groups excluding tert-OH is 1. The zero-order valence-electron chi connectivity index (χ0n) is 11.1. The number of hydrogen-bond donors (Lipinski definition) is 1. The second-order valence-corrected chi connectivity index (χ2v) is 6.20. The third-order valence-electron chi connectivity index (χ3n) is 4.90. The number of aliphatic hydroxyl groups is 1. The summed E-state index contributed by atoms with van der Waals surface area (Å²) < 4.78 is 0. The van der Waals surface area contributed by atoms with Crippen molar-refractivity contribution in [1.29, 1.82) is 0 Å². The SMILES string of the molecule is OC(CC1CCCC1)c1cccc(C2CCC2)c1. The molecular formula is C17H24O. The summed E-state index contributed by atoms with van der Waals surface area (Å²) in [6.45, 7) is 0. The predicted molar refractivity (Wildman–Crippen MR) is 74.6 cm³/mol. The Balaban J connectivity index is 1.66. The van der Waals surface area contributed by atoms with Crippen molar-refractivity contribution < 1.29 is 5.11 Å². The molecule has 1 aromatic carbocycles. The molecule has 0 amide bonds. The van der Waals surface area contributed by atoms with Crippen LogP contribution >= 0.6 is 0 Å². The Morgan fingerprint density at radius 1 is 1.06 bits per heavy atom. The maximum atomic E-state index is 10.4. The van der Waals surface area contributed by atoms with Gasteiger partial charge in [-0.1, -0.05) is 56.4 Å². The maximum absolute atomic E-state index is 10.4. The van der Waals surface area contributed by atoms with Crippen molar-refractivity contribution >= 4 is 0 Å². The van der Waals surface area contributed by atoms with Gasteiger partial charge in [0.05, 0.1) is 6.10 Å². The summed E-state index contributed by atoms with van der Waals surface area (Å²) >= 11 is 0. The zero-order valence-corrected chi connectivity index (χ0v) is 11.1. The van der Waals surface area contributed by atoms with E-state index in [0.29, 0.717) is 0 Å². The van der Waals surface area contributed by atoms with Crippen LogP contribution in [0, 0.1) is 5.92 Å². The highest BCUT2D eigenvalue weighted by Crippen LogP contribution is 2.38. The van der Waals surface area contributed by atoms with E-state index < -0.39 is 0 Å². The van der Waals surface area contributed by atoms with E-state index in [1.807, 2.05) is 0 Å². The molecule has 2 fully saturated rings. The average molecular weight is 244 g/mol. The molecule has 1 unspecified atom stereocenters. The van der Waals surface area contributed by atoms with Crippen LogP contribution in [0.25, 0.3) is 0 Å². The van der Waals surface area contributed by atoms with Gasteiger partial charge in [-0.3, -0.25) is 0 Å². The standard InChI is InChI=1S/C17H24O/c18-17(11-13-5-1-2-6-13)16-10-4-9-15(12-16)14-7-3-8-14/h4,9-10,12-14,17-18H,1-3,5-8,11H2. The molecule has 2 aliphatic carbocycles. The summed E-state index contributed by atoms with van der Waals surface area (Å²) in [6.07, 6.45) is 10.1. The van der Waals surface area contributed by atoms with Gasteiger partial charge in [-0.2, -0.15) is 0 Å². The normalized spacial score (nSPS) is 22.9. The molecule has 0 bridgehead atoms. The van der Waals surface area contributed by atoms with Crippen LogP contribution in [0.2, 0.25) is 0 Å². The first kappa shape index (κ1) is 12.2. The molecule has 1 aromatic rings. The van der Waals surface area contributed by atoms with Crippen LogP contribution in [-0.2, 0) is 0 Å². The third-order valence-corrected chi connectivity index (χ3v) is 4.90. The molecule has 0 radical (unpaired) electrons. The molecule has 1 nitrogen and oxygen atoms in total. The van der Waals surface area contributed by atoms with Gasteiger partial charge < -0.3 is 5.11 Å². The first-order valence-corrected chi connectivity index (χ1v) is 7.61. The molecule has 0 heterocycles. The van der Waals surface area contributed by atoms with Gasteiger partial charge in [0.15, 0.2) is 0 Å². The van der Waals surface area contributed by atoms with Crippen LogP contribution in [0.15, 0.2) is 24.3 Å². The first-order valence-electron chi connectivity index (χ1n) is 7.61. The van der Waals surface area contributed by atoms with E-state index in [-0.39, 0.29) is 6.10 Å². The molecule has 1 atom stereocenters. The highest BCUT2D eigenvalue weighted by molar-refractivity contribution is 5.29. The van der Waals surface area contributed by atoms with Crippen LogP contribution in [0.1, 0.15) is 74.5 Å². The van der Waals surface area contributed by atoms with E-state index in [1.165, 1.54) is 50.5 Å². The number of hydrogen-bond acceptors (Lipinski definition) is 1. The predicted octanol–water partition coefficient (Wildman–Crippen LogP) is 4.57. The molecule has 2 saturated carbocycles. The summed E-state index contributed by atoms with van der Waals surface area (Å²) in [4.78, 5) is 0. The Bertz CT molecular complexity index is 388. The molecule has 98 valence electrons. The van der Waals surface area contributed by atoms with Crippen molar-refractivity contribution in [3.05, 3.63) is 35.4 Å². The summed E-state index contributed by atoms with van der Waals surface area (Å²) in [7, 11) is 0. The van der Waals surface area contributed by atoms with Crippen molar-refractivity contribution in [3.63, 3.8) is 0 Å². The molecule has 3 rings (SSSR count). The van der Waals surface area contributed by atoms with Crippen molar-refractivity contribution in [3.8, 4) is 0 Å². The van der Waals surface area contributed by atoms with Gasteiger partial charge in [-0.05, 0) is 42.2 Å². The van der Waals surface area contributed by atoms with Gasteiger partial charge in [-0.15, -0.1) is 0 Å². The average Bonchev–Trinajstić information content (AvgIpc) is 2.80. The van der Waals surface area contributed by atoms with Gasteiger partial charge in [0.1, 0.15) is 0 Å². The number of benzene rings is 1. The fourth-order valence-corrected chi connectivity index (χ4v) is 3.46. The van der Waals surface area contributed by atoms with Crippen molar-refractivity contribution in [1.82, 2.24) is 0 Å². The Hall–Kier alpha value is -0.820. The van der Waals surface area contributed by atoms with Gasteiger partial charge in [0, 0.05) is 0 Å². The first-order chi connectivity index (χ1) is 8.83. The lowest BCUT2D eigenvalue weighted by atomic mass is 9.79. The minimum Gasteiger partial charge on any atom is -0.388 e. The van der Waals surface area contributed by atoms with Crippen molar-refractivity contribution in [2.24, 2.45) is 5.92 Å². The van der Waals surface area contributed by atoms with Crippen LogP contribution in [-0.4, -0.2) is 5.11 Å². The Morgan fingerprint density at radius 2 is 1.83 bits per heavy atom. The van der Waals surface area contributed by atoms with Crippen LogP contribution < -0.4 is 0 Å². The zero-order chi connectivity index (χ0) is 12.4. The fraction of sp³-hybridized carbons (Fsp3) is 0.647. The van der Waals surface area contributed by atoms with Gasteiger partial charge in [0.2, 0.25) is 0 Å². The Morgan fingerprint density at radius 3 is 2.50 bits per heavy atom. The van der Waals surface area contributed by atoms with E-state index in [9.17, 15) is 5.11 Å². The highest BCUT2D eigenvalue weighted by atomic mass is 16.3. The van der Waals surface area contributed by atoms with E-state index in [2.05, 4.69) is 24.3 Å². The smallest absolute Gasteiger partial charge is 0.0792 e. The van der Waals surface area contributed by atoms with Crippen LogP contribution in [0.3, 0.4) is 0 Å². The molecule has 18 heavy (non-hydrogen) atoms. The van der Waals surface area contributed by atoms with Crippen LogP contribution in [0.5, 0.6) is 0 Å². The number of rotatable bonds is 4. The third kappa shape index (κ3) is 2.61. The molecule has 1 heteroatoms. The maximum Gasteiger partial charge on any atom is 0.0792 e. The largest absolute Gasteiger partial charge is 0.388 e. The summed E-state index contributed by atoms with van der Waals surface area (Å²) in [5.41, 5.74) is 2.59. The van der Waals surface area contributed by atoms with E-state index >= 15 is 0 Å². The van der Waals surface area contributed by atoms with Gasteiger partial charge in [0.25, 0.3) is 0 Å². The lowest BCUT2D eigenvalue weighted by Crippen LogP contribution is -2.10. The Kier molecular flexibility index (Phi) is 3.69. The minimum atomic E-state index is -0.242. The topological polar surface area (TPSA) is 20.2 Å². The van der Waals surface area contributed by atoms with Crippen molar-refractivity contribution in [2.75, 3.05) is 0 Å². The molecular weight excluding hydrogens is 220 g/mol. The van der Waals surface area contributed by atoms with Crippen molar-refractivity contribution in [2.45, 2.75) is 63.4 Å². The van der Waals surface area contributed by atoms with Gasteiger partial charge >= 0.3 is 0 Å². The second-order valence-electron chi connectivity index (χ2n) is 6.20. The lowest BCUT2D eigenvalue weighted by Gasteiger charge is -2.26. The molecule has 0 aliphatic heterocycles. The minimum absolute atomic E-state index is 0.242. The molecule has 0 saturated heterocycles. The molecule has 0 spiro atoms. The summed E-state index contributed by atoms with van der Waals surface area (Å²) in [6, 6.07) is 8.71. The Labute approximate surface area is 110 Å². The highest BCUT2D eigenvalue weighted by Gasteiger charge is 2.22. The fourth-order valence-electron chi connectivity index (χ4n) is 3.46. The molecule has 0 aromatic heterocycles. The van der Waals surface area contributed by atoms with E-state index in [1.54, 1.807) is 0 Å². The lowest BCUT2D eigenvalue weighted by molar-refractivity contribution is 0.144. The summed E-state index contributed by atoms with van der Waals surface area (Å²) in [5.74, 6) is 1.52. The van der Waals surface area contributed by atoms with Crippen LogP contribution in [0.4, 0.5) is 0 Å². The van der Waals surface area contributed by atoms with E-state index in [0.717, 1.165) is 23.8 Å². The quantitative estimate of drug-likeness (QED) is 0.822.